The molecule has 0 N–H and O–H groups in total. The highest BCUT2D eigenvalue weighted by molar-refractivity contribution is 5.97. The Morgan fingerprint density at radius 3 is 2.60 bits per heavy atom. The van der Waals surface area contributed by atoms with E-state index in [0.29, 0.717) is 12.2 Å². The van der Waals surface area contributed by atoms with Crippen LogP contribution in [0.25, 0.3) is 0 Å². The maximum atomic E-state index is 11.9. The molecule has 1 heteroatoms. The Balaban J connectivity index is 2.68. The molecule has 0 aliphatic heterocycles. The van der Waals surface area contributed by atoms with Crippen molar-refractivity contribution in [3.05, 3.63) is 34.9 Å². The van der Waals surface area contributed by atoms with Gasteiger partial charge in [-0.3, -0.25) is 4.79 Å². The molecule has 0 saturated heterocycles. The Morgan fingerprint density at radius 2 is 1.93 bits per heavy atom. The number of Topliss-reactive ketones (excluding diaryl/α,β-unsaturated/α-hetero) is 1. The molecular formula is C14H20O. The third-order valence-electron chi connectivity index (χ3n) is 2.70. The first-order valence-corrected chi connectivity index (χ1v) is 5.75. The van der Waals surface area contributed by atoms with Crippen molar-refractivity contribution in [2.24, 2.45) is 0 Å². The number of unbranched alkanes of at least 4 members (excludes halogenated alkanes) is 2. The third kappa shape index (κ3) is 3.50. The van der Waals surface area contributed by atoms with Crippen LogP contribution in [-0.4, -0.2) is 5.78 Å². The summed E-state index contributed by atoms with van der Waals surface area (Å²) in [7, 11) is 0. The Hall–Kier alpha value is -1.11. The van der Waals surface area contributed by atoms with Crippen molar-refractivity contribution in [3.63, 3.8) is 0 Å². The molecule has 0 aromatic heterocycles. The van der Waals surface area contributed by atoms with Crippen molar-refractivity contribution in [2.75, 3.05) is 0 Å². The number of aryl methyl sites for hydroxylation is 2. The van der Waals surface area contributed by atoms with Crippen LogP contribution in [0.3, 0.4) is 0 Å². The molecule has 0 unspecified atom stereocenters. The zero-order chi connectivity index (χ0) is 11.3. The Bertz CT molecular complexity index is 339. The molecule has 1 aromatic rings. The lowest BCUT2D eigenvalue weighted by atomic mass is 9.98. The molecule has 0 radical (unpaired) electrons. The number of benzene rings is 1. The standard InChI is InChI=1S/C14H20O/c1-4-5-6-7-14(15)13-10-11(2)8-9-12(13)3/h8-10H,4-7H2,1-3H3. The van der Waals surface area contributed by atoms with E-state index in [1.54, 1.807) is 0 Å². The van der Waals surface area contributed by atoms with Crippen LogP contribution in [0.2, 0.25) is 0 Å². The quantitative estimate of drug-likeness (QED) is 0.522. The third-order valence-corrected chi connectivity index (χ3v) is 2.70. The molecule has 15 heavy (non-hydrogen) atoms. The molecule has 0 spiro atoms. The summed E-state index contributed by atoms with van der Waals surface area (Å²) < 4.78 is 0. The fourth-order valence-electron chi connectivity index (χ4n) is 1.71. The van der Waals surface area contributed by atoms with Crippen LogP contribution >= 0.6 is 0 Å². The predicted molar refractivity (Wildman–Crippen MR) is 64.4 cm³/mol. The van der Waals surface area contributed by atoms with Crippen molar-refractivity contribution in [2.45, 2.75) is 46.5 Å². The molecule has 1 rings (SSSR count). The van der Waals surface area contributed by atoms with E-state index in [0.717, 1.165) is 24.0 Å². The summed E-state index contributed by atoms with van der Waals surface area (Å²) in [5, 5.41) is 0. The van der Waals surface area contributed by atoms with Gasteiger partial charge in [0.1, 0.15) is 0 Å². The Morgan fingerprint density at radius 1 is 1.20 bits per heavy atom. The summed E-state index contributed by atoms with van der Waals surface area (Å²) >= 11 is 0. The number of carbonyl (C=O) groups excluding carboxylic acids is 1. The lowest BCUT2D eigenvalue weighted by Gasteiger charge is -2.05. The van der Waals surface area contributed by atoms with Crippen molar-refractivity contribution in [1.82, 2.24) is 0 Å². The molecule has 0 atom stereocenters. The summed E-state index contributed by atoms with van der Waals surface area (Å²) in [6, 6.07) is 6.09. The highest BCUT2D eigenvalue weighted by atomic mass is 16.1. The summed E-state index contributed by atoms with van der Waals surface area (Å²) in [5.41, 5.74) is 3.17. The van der Waals surface area contributed by atoms with Gasteiger partial charge in [-0.1, -0.05) is 37.5 Å². The number of hydrogen-bond donors (Lipinski definition) is 0. The molecule has 1 nitrogen and oxygen atoms in total. The largest absolute Gasteiger partial charge is 0.294 e. The normalized spacial score (nSPS) is 10.3. The van der Waals surface area contributed by atoms with Crippen molar-refractivity contribution < 1.29 is 4.79 Å². The average Bonchev–Trinajstić information content (AvgIpc) is 2.22. The minimum Gasteiger partial charge on any atom is -0.294 e. The van der Waals surface area contributed by atoms with Crippen LogP contribution in [0.5, 0.6) is 0 Å². The topological polar surface area (TPSA) is 17.1 Å². The van der Waals surface area contributed by atoms with Gasteiger partial charge < -0.3 is 0 Å². The van der Waals surface area contributed by atoms with Crippen LogP contribution < -0.4 is 0 Å². The molecule has 0 heterocycles. The van der Waals surface area contributed by atoms with Gasteiger partial charge in [0, 0.05) is 12.0 Å². The van der Waals surface area contributed by atoms with Gasteiger partial charge in [-0.2, -0.15) is 0 Å². The maximum Gasteiger partial charge on any atom is 0.163 e. The number of carbonyl (C=O) groups is 1. The van der Waals surface area contributed by atoms with Crippen LogP contribution in [0.1, 0.15) is 54.1 Å². The van der Waals surface area contributed by atoms with E-state index in [2.05, 4.69) is 13.0 Å². The van der Waals surface area contributed by atoms with Crippen LogP contribution in [-0.2, 0) is 0 Å². The maximum absolute atomic E-state index is 11.9. The lowest BCUT2D eigenvalue weighted by Crippen LogP contribution is -2.02. The second-order valence-electron chi connectivity index (χ2n) is 4.20. The van der Waals surface area contributed by atoms with Crippen LogP contribution in [0.15, 0.2) is 18.2 Å². The highest BCUT2D eigenvalue weighted by Gasteiger charge is 2.08. The first-order valence-electron chi connectivity index (χ1n) is 5.75. The first kappa shape index (κ1) is 12.0. The molecule has 0 amide bonds. The SMILES string of the molecule is CCCCCC(=O)c1cc(C)ccc1C. The molecule has 0 fully saturated rings. The van der Waals surface area contributed by atoms with E-state index >= 15 is 0 Å². The highest BCUT2D eigenvalue weighted by Crippen LogP contribution is 2.14. The first-order chi connectivity index (χ1) is 7.15. The van der Waals surface area contributed by atoms with E-state index in [1.165, 1.54) is 12.0 Å². The molecule has 82 valence electrons. The molecule has 0 aliphatic rings. The monoisotopic (exact) mass is 204 g/mol. The van der Waals surface area contributed by atoms with Crippen molar-refractivity contribution >= 4 is 5.78 Å². The Kier molecular flexibility index (Phi) is 4.54. The number of hydrogen-bond acceptors (Lipinski definition) is 1. The van der Waals surface area contributed by atoms with E-state index in [-0.39, 0.29) is 0 Å². The average molecular weight is 204 g/mol. The fraction of sp³-hybridized carbons (Fsp3) is 0.500. The second kappa shape index (κ2) is 5.69. The van der Waals surface area contributed by atoms with E-state index in [4.69, 9.17) is 0 Å². The molecule has 0 saturated carbocycles. The summed E-state index contributed by atoms with van der Waals surface area (Å²) in [5.74, 6) is 0.296. The molecule has 1 aromatic carbocycles. The predicted octanol–water partition coefficient (Wildman–Crippen LogP) is 4.07. The zero-order valence-corrected chi connectivity index (χ0v) is 9.97. The summed E-state index contributed by atoms with van der Waals surface area (Å²) in [6.45, 7) is 6.19. The van der Waals surface area contributed by atoms with E-state index in [1.807, 2.05) is 26.0 Å². The minimum atomic E-state index is 0.296. The van der Waals surface area contributed by atoms with Crippen molar-refractivity contribution in [1.29, 1.82) is 0 Å². The molecule has 0 bridgehead atoms. The van der Waals surface area contributed by atoms with Gasteiger partial charge in [0.05, 0.1) is 0 Å². The van der Waals surface area contributed by atoms with Gasteiger partial charge in [0.25, 0.3) is 0 Å². The van der Waals surface area contributed by atoms with Gasteiger partial charge >= 0.3 is 0 Å². The van der Waals surface area contributed by atoms with Crippen molar-refractivity contribution in [3.8, 4) is 0 Å². The van der Waals surface area contributed by atoms with Gasteiger partial charge in [-0.05, 0) is 31.9 Å². The summed E-state index contributed by atoms with van der Waals surface area (Å²) in [4.78, 5) is 11.9. The van der Waals surface area contributed by atoms with Gasteiger partial charge in [-0.15, -0.1) is 0 Å². The molecule has 0 aliphatic carbocycles. The molecular weight excluding hydrogens is 184 g/mol. The van der Waals surface area contributed by atoms with Gasteiger partial charge in [-0.25, -0.2) is 0 Å². The summed E-state index contributed by atoms with van der Waals surface area (Å²) in [6.07, 6.45) is 4.03. The number of rotatable bonds is 5. The zero-order valence-electron chi connectivity index (χ0n) is 9.97. The van der Waals surface area contributed by atoms with E-state index in [9.17, 15) is 4.79 Å². The van der Waals surface area contributed by atoms with Gasteiger partial charge in [0.15, 0.2) is 5.78 Å². The fourth-order valence-corrected chi connectivity index (χ4v) is 1.71. The van der Waals surface area contributed by atoms with Crippen LogP contribution in [0.4, 0.5) is 0 Å². The smallest absolute Gasteiger partial charge is 0.163 e. The second-order valence-corrected chi connectivity index (χ2v) is 4.20. The Labute approximate surface area is 92.5 Å². The lowest BCUT2D eigenvalue weighted by molar-refractivity contribution is 0.0978. The van der Waals surface area contributed by atoms with Crippen LogP contribution in [0, 0.1) is 13.8 Å². The van der Waals surface area contributed by atoms with Gasteiger partial charge in [0.2, 0.25) is 0 Å². The van der Waals surface area contributed by atoms with E-state index < -0.39 is 0 Å². The number of ketones is 1. The minimum absolute atomic E-state index is 0.296.